The predicted octanol–water partition coefficient (Wildman–Crippen LogP) is 1.42. The molecule has 0 aliphatic heterocycles. The number of halogens is 1. The Morgan fingerprint density at radius 2 is 2.25 bits per heavy atom. The molecule has 0 unspecified atom stereocenters. The van der Waals surface area contributed by atoms with Gasteiger partial charge in [0.2, 0.25) is 11.2 Å². The molecule has 86 valence electrons. The fourth-order valence-corrected chi connectivity index (χ4v) is 1.43. The lowest BCUT2D eigenvalue weighted by atomic mass is 10.4. The molecule has 0 saturated carbocycles. The Kier molecular flexibility index (Phi) is 3.53. The van der Waals surface area contributed by atoms with E-state index in [1.54, 1.807) is 13.3 Å². The van der Waals surface area contributed by atoms with Crippen molar-refractivity contribution in [2.24, 2.45) is 0 Å². The molecular weight excluding hydrogens is 232 g/mol. The lowest BCUT2D eigenvalue weighted by Gasteiger charge is -2.05. The quantitative estimate of drug-likeness (QED) is 0.634. The molecule has 0 saturated heterocycles. The van der Waals surface area contributed by atoms with Crippen molar-refractivity contribution in [2.45, 2.75) is 6.42 Å². The SMILES string of the molecule is COCCCOc1nc(Cl)nc2[nH]ncc12. The number of aromatic nitrogens is 4. The minimum Gasteiger partial charge on any atom is -0.477 e. The van der Waals surface area contributed by atoms with E-state index in [4.69, 9.17) is 21.1 Å². The van der Waals surface area contributed by atoms with E-state index in [0.29, 0.717) is 24.7 Å². The molecule has 6 nitrogen and oxygen atoms in total. The number of hydrogen-bond donors (Lipinski definition) is 1. The summed E-state index contributed by atoms with van der Waals surface area (Å²) in [5, 5.41) is 7.43. The fourth-order valence-electron chi connectivity index (χ4n) is 1.26. The van der Waals surface area contributed by atoms with Gasteiger partial charge in [-0.25, -0.2) is 0 Å². The second-order valence-electron chi connectivity index (χ2n) is 3.12. The van der Waals surface area contributed by atoms with Crippen molar-refractivity contribution in [3.8, 4) is 5.88 Å². The van der Waals surface area contributed by atoms with Gasteiger partial charge in [0.05, 0.1) is 12.8 Å². The number of rotatable bonds is 5. The highest BCUT2D eigenvalue weighted by atomic mass is 35.5. The third kappa shape index (κ3) is 2.40. The number of nitrogens with one attached hydrogen (secondary N) is 1. The number of nitrogens with zero attached hydrogens (tertiary/aromatic N) is 3. The average Bonchev–Trinajstić information content (AvgIpc) is 2.72. The molecule has 0 aromatic carbocycles. The molecule has 7 heteroatoms. The normalized spacial score (nSPS) is 10.9. The van der Waals surface area contributed by atoms with Crippen molar-refractivity contribution in [3.05, 3.63) is 11.5 Å². The first-order chi connectivity index (χ1) is 7.81. The Morgan fingerprint density at radius 3 is 3.06 bits per heavy atom. The molecule has 0 atom stereocenters. The van der Waals surface area contributed by atoms with Crippen LogP contribution in [0.2, 0.25) is 5.28 Å². The molecule has 0 amide bonds. The second kappa shape index (κ2) is 5.09. The minimum absolute atomic E-state index is 0.137. The number of methoxy groups -OCH3 is 1. The lowest BCUT2D eigenvalue weighted by Crippen LogP contribution is -2.03. The second-order valence-corrected chi connectivity index (χ2v) is 3.46. The van der Waals surface area contributed by atoms with E-state index in [-0.39, 0.29) is 5.28 Å². The third-order valence-corrected chi connectivity index (χ3v) is 2.15. The van der Waals surface area contributed by atoms with Crippen LogP contribution < -0.4 is 4.74 Å². The first-order valence-corrected chi connectivity index (χ1v) is 5.17. The molecule has 0 fully saturated rings. The van der Waals surface area contributed by atoms with Gasteiger partial charge in [-0.05, 0) is 11.6 Å². The van der Waals surface area contributed by atoms with E-state index < -0.39 is 0 Å². The van der Waals surface area contributed by atoms with Crippen LogP contribution in [-0.2, 0) is 4.74 Å². The zero-order valence-electron chi connectivity index (χ0n) is 8.73. The monoisotopic (exact) mass is 242 g/mol. The highest BCUT2D eigenvalue weighted by Gasteiger charge is 2.09. The van der Waals surface area contributed by atoms with Gasteiger partial charge in [-0.1, -0.05) is 0 Å². The van der Waals surface area contributed by atoms with Crippen LogP contribution in [0.4, 0.5) is 0 Å². The first kappa shape index (κ1) is 11.1. The summed E-state index contributed by atoms with van der Waals surface area (Å²) in [5.41, 5.74) is 0.571. The fraction of sp³-hybridized carbons (Fsp3) is 0.444. The molecule has 2 aromatic rings. The van der Waals surface area contributed by atoms with Crippen molar-refractivity contribution in [1.29, 1.82) is 0 Å². The lowest BCUT2D eigenvalue weighted by molar-refractivity contribution is 0.171. The molecule has 16 heavy (non-hydrogen) atoms. The molecule has 0 radical (unpaired) electrons. The van der Waals surface area contributed by atoms with Gasteiger partial charge < -0.3 is 9.47 Å². The van der Waals surface area contributed by atoms with Crippen molar-refractivity contribution >= 4 is 22.6 Å². The summed E-state index contributed by atoms with van der Waals surface area (Å²) < 4.78 is 10.4. The van der Waals surface area contributed by atoms with Crippen LogP contribution in [0.25, 0.3) is 11.0 Å². The van der Waals surface area contributed by atoms with Gasteiger partial charge in [0, 0.05) is 20.1 Å². The summed E-state index contributed by atoms with van der Waals surface area (Å²) in [6.07, 6.45) is 2.40. The highest BCUT2D eigenvalue weighted by molar-refractivity contribution is 6.28. The van der Waals surface area contributed by atoms with E-state index in [1.807, 2.05) is 0 Å². The van der Waals surface area contributed by atoms with E-state index in [1.165, 1.54) is 0 Å². The molecule has 1 N–H and O–H groups in total. The molecular formula is C9H11ClN4O2. The Bertz CT molecular complexity index is 473. The largest absolute Gasteiger partial charge is 0.477 e. The number of ether oxygens (including phenoxy) is 2. The van der Waals surface area contributed by atoms with Crippen LogP contribution in [0.15, 0.2) is 6.20 Å². The maximum atomic E-state index is 5.75. The summed E-state index contributed by atoms with van der Waals surface area (Å²) in [6, 6.07) is 0. The van der Waals surface area contributed by atoms with Crippen molar-refractivity contribution in [1.82, 2.24) is 20.2 Å². The van der Waals surface area contributed by atoms with E-state index in [2.05, 4.69) is 20.2 Å². The molecule has 0 bridgehead atoms. The van der Waals surface area contributed by atoms with Crippen molar-refractivity contribution in [3.63, 3.8) is 0 Å². The van der Waals surface area contributed by atoms with Gasteiger partial charge in [-0.2, -0.15) is 15.1 Å². The summed E-state index contributed by atoms with van der Waals surface area (Å²) in [6.45, 7) is 1.16. The molecule has 2 rings (SSSR count). The van der Waals surface area contributed by atoms with Crippen LogP contribution >= 0.6 is 11.6 Å². The number of hydrogen-bond acceptors (Lipinski definition) is 5. The first-order valence-electron chi connectivity index (χ1n) is 4.79. The van der Waals surface area contributed by atoms with Gasteiger partial charge in [0.25, 0.3) is 0 Å². The zero-order chi connectivity index (χ0) is 11.4. The topological polar surface area (TPSA) is 72.9 Å². The summed E-state index contributed by atoms with van der Waals surface area (Å²) in [4.78, 5) is 7.97. The van der Waals surface area contributed by atoms with E-state index >= 15 is 0 Å². The van der Waals surface area contributed by atoms with Gasteiger partial charge in [-0.15, -0.1) is 0 Å². The van der Waals surface area contributed by atoms with Gasteiger partial charge in [-0.3, -0.25) is 5.10 Å². The summed E-state index contributed by atoms with van der Waals surface area (Å²) >= 11 is 5.75. The Hall–Kier alpha value is -1.40. The van der Waals surface area contributed by atoms with Gasteiger partial charge >= 0.3 is 0 Å². The number of H-pyrrole nitrogens is 1. The van der Waals surface area contributed by atoms with Crippen molar-refractivity contribution < 1.29 is 9.47 Å². The summed E-state index contributed by atoms with van der Waals surface area (Å²) in [7, 11) is 1.65. The Balaban J connectivity index is 2.12. The van der Waals surface area contributed by atoms with Crippen LogP contribution in [0, 0.1) is 0 Å². The molecule has 0 aliphatic rings. The van der Waals surface area contributed by atoms with Crippen LogP contribution in [0.5, 0.6) is 5.88 Å². The van der Waals surface area contributed by atoms with Crippen LogP contribution in [-0.4, -0.2) is 40.5 Å². The summed E-state index contributed by atoms with van der Waals surface area (Å²) in [5.74, 6) is 0.444. The zero-order valence-corrected chi connectivity index (χ0v) is 9.49. The highest BCUT2D eigenvalue weighted by Crippen LogP contribution is 2.21. The van der Waals surface area contributed by atoms with E-state index in [0.717, 1.165) is 11.8 Å². The molecule has 2 aromatic heterocycles. The molecule has 0 aliphatic carbocycles. The average molecular weight is 243 g/mol. The number of aromatic amines is 1. The van der Waals surface area contributed by atoms with E-state index in [9.17, 15) is 0 Å². The Morgan fingerprint density at radius 1 is 1.38 bits per heavy atom. The number of fused-ring (bicyclic) bond motifs is 1. The van der Waals surface area contributed by atoms with Crippen LogP contribution in [0.1, 0.15) is 6.42 Å². The van der Waals surface area contributed by atoms with Gasteiger partial charge in [0.15, 0.2) is 5.65 Å². The maximum absolute atomic E-state index is 5.75. The maximum Gasteiger partial charge on any atom is 0.229 e. The third-order valence-electron chi connectivity index (χ3n) is 1.98. The molecule has 0 spiro atoms. The Labute approximate surface area is 96.9 Å². The van der Waals surface area contributed by atoms with Gasteiger partial charge in [0.1, 0.15) is 5.39 Å². The van der Waals surface area contributed by atoms with Crippen molar-refractivity contribution in [2.75, 3.05) is 20.3 Å². The van der Waals surface area contributed by atoms with Crippen LogP contribution in [0.3, 0.4) is 0 Å². The predicted molar refractivity (Wildman–Crippen MR) is 58.7 cm³/mol. The smallest absolute Gasteiger partial charge is 0.229 e. The standard InChI is InChI=1S/C9H11ClN4O2/c1-15-3-2-4-16-8-6-5-11-14-7(6)12-9(10)13-8/h5H,2-4H2,1H3,(H,11,12,13,14). The molecule has 2 heterocycles. The minimum atomic E-state index is 0.137.